The van der Waals surface area contributed by atoms with Crippen LogP contribution in [0.3, 0.4) is 0 Å². The predicted octanol–water partition coefficient (Wildman–Crippen LogP) is 6.93. The van der Waals surface area contributed by atoms with E-state index in [0.29, 0.717) is 23.7 Å². The Balaban J connectivity index is 1.59. The minimum atomic E-state index is 0.381. The minimum Gasteiger partial charge on any atom is -0.240 e. The van der Waals surface area contributed by atoms with E-state index >= 15 is 0 Å². The van der Waals surface area contributed by atoms with E-state index in [1.54, 1.807) is 0 Å². The van der Waals surface area contributed by atoms with Gasteiger partial charge in [0.2, 0.25) is 11.4 Å². The van der Waals surface area contributed by atoms with Crippen molar-refractivity contribution in [3.05, 3.63) is 89.2 Å². The van der Waals surface area contributed by atoms with E-state index in [0.717, 1.165) is 34.2 Å². The molecule has 0 atom stereocenters. The van der Waals surface area contributed by atoms with Gasteiger partial charge in [0.25, 0.3) is 0 Å². The van der Waals surface area contributed by atoms with Crippen molar-refractivity contribution < 1.29 is 9.36 Å². The van der Waals surface area contributed by atoms with E-state index in [1.165, 1.54) is 22.3 Å². The Labute approximate surface area is 250 Å². The van der Waals surface area contributed by atoms with Gasteiger partial charge in [0.05, 0.1) is 10.4 Å². The van der Waals surface area contributed by atoms with Crippen molar-refractivity contribution >= 4 is 0 Å². The molecular weight excluding hydrogens is 518 g/mol. The highest BCUT2D eigenvalue weighted by Gasteiger charge is 2.27. The molecule has 218 valence electrons. The third-order valence-electron chi connectivity index (χ3n) is 8.06. The molecule has 3 heterocycles. The first-order valence-corrected chi connectivity index (χ1v) is 15.1. The van der Waals surface area contributed by atoms with Gasteiger partial charge in [-0.3, -0.25) is 0 Å². The number of rotatable bonds is 8. The summed E-state index contributed by atoms with van der Waals surface area (Å²) in [7, 11) is 3.98. The van der Waals surface area contributed by atoms with E-state index < -0.39 is 0 Å². The van der Waals surface area contributed by atoms with Crippen molar-refractivity contribution in [3.8, 4) is 34.2 Å². The quantitative estimate of drug-likeness (QED) is 0.192. The van der Waals surface area contributed by atoms with Crippen LogP contribution in [0, 0.1) is 0 Å². The van der Waals surface area contributed by atoms with E-state index in [9.17, 15) is 0 Å². The number of aromatic nitrogens is 7. The molecule has 5 aromatic rings. The van der Waals surface area contributed by atoms with Crippen LogP contribution in [0.25, 0.3) is 34.2 Å². The maximum atomic E-state index is 5.13. The normalized spacial score (nSPS) is 12.0. The lowest BCUT2D eigenvalue weighted by atomic mass is 9.93. The molecule has 0 radical (unpaired) electrons. The summed E-state index contributed by atoms with van der Waals surface area (Å²) < 4.78 is 7.90. The summed E-state index contributed by atoms with van der Waals surface area (Å²) in [6, 6.07) is 19.3. The highest BCUT2D eigenvalue weighted by atomic mass is 15.5. The van der Waals surface area contributed by atoms with Crippen molar-refractivity contribution in [2.45, 2.75) is 79.1 Å². The number of nitrogens with zero attached hydrogens (tertiary/aromatic N) is 7. The molecule has 0 aliphatic rings. The summed E-state index contributed by atoms with van der Waals surface area (Å²) in [4.78, 5) is 5.13. The average Bonchev–Trinajstić information content (AvgIpc) is 3.54. The lowest BCUT2D eigenvalue weighted by Crippen LogP contribution is -2.36. The predicted molar refractivity (Wildman–Crippen MR) is 168 cm³/mol. The third-order valence-corrected chi connectivity index (χ3v) is 8.06. The molecule has 5 rings (SSSR count). The monoisotopic (exact) mass is 563 g/mol. The fourth-order valence-electron chi connectivity index (χ4n) is 5.79. The van der Waals surface area contributed by atoms with Gasteiger partial charge in [-0.05, 0) is 35.8 Å². The highest BCUT2D eigenvalue weighted by Crippen LogP contribution is 2.30. The van der Waals surface area contributed by atoms with Gasteiger partial charge in [-0.25, -0.2) is 4.98 Å². The van der Waals surface area contributed by atoms with E-state index in [4.69, 9.17) is 15.4 Å². The van der Waals surface area contributed by atoms with Crippen LogP contribution in [0.15, 0.2) is 67.0 Å². The molecular formula is C35H45N7+2. The molecule has 0 saturated heterocycles. The summed E-state index contributed by atoms with van der Waals surface area (Å²) >= 11 is 0. The Morgan fingerprint density at radius 1 is 0.500 bits per heavy atom. The summed E-state index contributed by atoms with van der Waals surface area (Å²) in [6.07, 6.45) is 4.22. The molecule has 7 heteroatoms. The van der Waals surface area contributed by atoms with E-state index in [2.05, 4.69) is 122 Å². The zero-order valence-corrected chi connectivity index (χ0v) is 26.8. The van der Waals surface area contributed by atoms with Crippen LogP contribution >= 0.6 is 0 Å². The van der Waals surface area contributed by atoms with Crippen molar-refractivity contribution in [2.75, 3.05) is 0 Å². The molecule has 0 amide bonds. The molecule has 0 N–H and O–H groups in total. The molecule has 2 aromatic carbocycles. The van der Waals surface area contributed by atoms with Crippen LogP contribution in [-0.2, 0) is 14.1 Å². The molecule has 3 aromatic heterocycles. The maximum Gasteiger partial charge on any atom is 0.216 e. The van der Waals surface area contributed by atoms with Gasteiger partial charge in [-0.15, -0.1) is 18.7 Å². The first-order valence-electron chi connectivity index (χ1n) is 15.1. The highest BCUT2D eigenvalue weighted by molar-refractivity contribution is 5.60. The summed E-state index contributed by atoms with van der Waals surface area (Å²) in [5.74, 6) is 1.52. The molecule has 0 bridgehead atoms. The summed E-state index contributed by atoms with van der Waals surface area (Å²) in [5, 5.41) is 9.86. The Bertz CT molecular complexity index is 1540. The second-order valence-corrected chi connectivity index (χ2v) is 12.5. The average molecular weight is 564 g/mol. The van der Waals surface area contributed by atoms with Gasteiger partial charge < -0.3 is 0 Å². The SMILES string of the molecule is CC(C)c1cccc(C(C)C)c1-[n+]1cc(-c2cccc(-c3c[n+](-c4c(C(C)C)cccc4C(C)C)nn3C)n2)n(C)n1. The van der Waals surface area contributed by atoms with Gasteiger partial charge in [0, 0.05) is 22.3 Å². The van der Waals surface area contributed by atoms with Gasteiger partial charge in [-0.1, -0.05) is 97.9 Å². The van der Waals surface area contributed by atoms with Gasteiger partial charge >= 0.3 is 0 Å². The first kappa shape index (κ1) is 29.4. The summed E-state index contributed by atoms with van der Waals surface area (Å²) in [6.45, 7) is 17.9. The van der Waals surface area contributed by atoms with Gasteiger partial charge in [0.15, 0.2) is 23.8 Å². The van der Waals surface area contributed by atoms with E-state index in [1.807, 2.05) is 32.8 Å². The van der Waals surface area contributed by atoms with Crippen molar-refractivity contribution in [2.24, 2.45) is 14.1 Å². The van der Waals surface area contributed by atoms with Crippen molar-refractivity contribution in [1.29, 1.82) is 0 Å². The zero-order chi connectivity index (χ0) is 30.3. The molecule has 0 aliphatic heterocycles. The van der Waals surface area contributed by atoms with Crippen LogP contribution in [0.4, 0.5) is 0 Å². The summed E-state index contributed by atoms with van der Waals surface area (Å²) in [5.41, 5.74) is 11.1. The topological polar surface area (TPSA) is 56.3 Å². The van der Waals surface area contributed by atoms with Gasteiger partial charge in [-0.2, -0.15) is 0 Å². The van der Waals surface area contributed by atoms with Crippen LogP contribution < -0.4 is 9.36 Å². The Morgan fingerprint density at radius 2 is 0.810 bits per heavy atom. The number of hydrogen-bond donors (Lipinski definition) is 0. The molecule has 42 heavy (non-hydrogen) atoms. The van der Waals surface area contributed by atoms with Crippen molar-refractivity contribution in [3.63, 3.8) is 0 Å². The molecule has 0 fully saturated rings. The molecule has 0 spiro atoms. The van der Waals surface area contributed by atoms with Crippen LogP contribution in [0.5, 0.6) is 0 Å². The molecule has 0 saturated carbocycles. The molecule has 0 aliphatic carbocycles. The van der Waals surface area contributed by atoms with Crippen LogP contribution in [0.2, 0.25) is 0 Å². The Morgan fingerprint density at radius 3 is 1.12 bits per heavy atom. The number of pyridine rings is 1. The number of hydrogen-bond acceptors (Lipinski definition) is 3. The smallest absolute Gasteiger partial charge is 0.216 e. The molecule has 0 unspecified atom stereocenters. The fraction of sp³-hybridized carbons (Fsp3) is 0.400. The van der Waals surface area contributed by atoms with Crippen molar-refractivity contribution in [1.82, 2.24) is 24.8 Å². The Hall–Kier alpha value is -4.13. The number of para-hydroxylation sites is 2. The Kier molecular flexibility index (Phi) is 8.13. The van der Waals surface area contributed by atoms with E-state index in [-0.39, 0.29) is 0 Å². The van der Waals surface area contributed by atoms with Gasteiger partial charge in [0.1, 0.15) is 25.5 Å². The second-order valence-electron chi connectivity index (χ2n) is 12.5. The largest absolute Gasteiger partial charge is 0.240 e. The third kappa shape index (κ3) is 5.40. The number of aryl methyl sites for hydroxylation is 2. The maximum absolute atomic E-state index is 5.13. The van der Waals surface area contributed by atoms with Crippen LogP contribution in [0.1, 0.15) is 101 Å². The fourth-order valence-corrected chi connectivity index (χ4v) is 5.79. The minimum absolute atomic E-state index is 0.381. The first-order chi connectivity index (χ1) is 20.0. The molecule has 7 nitrogen and oxygen atoms in total. The standard InChI is InChI=1S/C35H45N7/c1-22(2)26-14-11-15-27(23(3)4)34(26)41-20-32(39(9)37-41)30-18-13-19-31(36-30)33-21-42(38-40(33)10)35-28(24(5)6)16-12-17-29(35)25(7)8/h11-25H,1-10H3/q+2. The lowest BCUT2D eigenvalue weighted by Gasteiger charge is -2.15. The lowest BCUT2D eigenvalue weighted by molar-refractivity contribution is -0.662. The zero-order valence-electron chi connectivity index (χ0n) is 26.8. The number of benzene rings is 2. The van der Waals surface area contributed by atoms with Crippen LogP contribution in [-0.4, -0.2) is 24.8 Å². The second kappa shape index (κ2) is 11.6.